The lowest BCUT2D eigenvalue weighted by Gasteiger charge is -1.97. The van der Waals surface area contributed by atoms with Crippen molar-refractivity contribution in [2.24, 2.45) is 0 Å². The standard InChI is InChI=1S/C7H7BrN4S/c1-3-4-5(8)11-12-6(4)10-7(9-3)13-2/h1-2H3,(H,9,10,11,12). The lowest BCUT2D eigenvalue weighted by atomic mass is 10.3. The van der Waals surface area contributed by atoms with Gasteiger partial charge in [-0.15, -0.1) is 0 Å². The molecule has 1 N–H and O–H groups in total. The van der Waals surface area contributed by atoms with Crippen LogP contribution in [-0.4, -0.2) is 26.4 Å². The number of nitrogens with one attached hydrogen (secondary N) is 1. The van der Waals surface area contributed by atoms with E-state index in [0.29, 0.717) is 5.65 Å². The van der Waals surface area contributed by atoms with Gasteiger partial charge in [-0.2, -0.15) is 5.10 Å². The van der Waals surface area contributed by atoms with Gasteiger partial charge in [0.25, 0.3) is 0 Å². The third-order valence-corrected chi connectivity index (χ3v) is 2.83. The molecule has 6 heteroatoms. The molecule has 68 valence electrons. The van der Waals surface area contributed by atoms with Crippen LogP contribution in [0, 0.1) is 6.92 Å². The smallest absolute Gasteiger partial charge is 0.189 e. The van der Waals surface area contributed by atoms with E-state index in [9.17, 15) is 0 Å². The molecule has 4 nitrogen and oxygen atoms in total. The number of halogens is 1. The number of aryl methyl sites for hydroxylation is 1. The second-order valence-electron chi connectivity index (χ2n) is 2.53. The summed E-state index contributed by atoms with van der Waals surface area (Å²) in [6.45, 7) is 1.95. The average molecular weight is 259 g/mol. The number of hydrogen-bond acceptors (Lipinski definition) is 4. The van der Waals surface area contributed by atoms with E-state index in [1.165, 1.54) is 11.8 Å². The highest BCUT2D eigenvalue weighted by Crippen LogP contribution is 2.23. The fourth-order valence-electron chi connectivity index (χ4n) is 1.12. The van der Waals surface area contributed by atoms with Crippen LogP contribution in [-0.2, 0) is 0 Å². The monoisotopic (exact) mass is 258 g/mol. The first-order chi connectivity index (χ1) is 6.22. The van der Waals surface area contributed by atoms with Gasteiger partial charge in [-0.3, -0.25) is 5.10 Å². The van der Waals surface area contributed by atoms with Crippen LogP contribution in [0.1, 0.15) is 5.69 Å². The van der Waals surface area contributed by atoms with Crippen molar-refractivity contribution in [3.8, 4) is 0 Å². The highest BCUT2D eigenvalue weighted by atomic mass is 79.9. The number of aromatic amines is 1. The first kappa shape index (κ1) is 8.96. The highest BCUT2D eigenvalue weighted by molar-refractivity contribution is 9.10. The Morgan fingerprint density at radius 3 is 2.85 bits per heavy atom. The SMILES string of the molecule is CSc1nc(C)c2c(Br)[nH]nc2n1. The molecule has 0 aliphatic heterocycles. The fourth-order valence-corrected chi connectivity index (χ4v) is 2.08. The van der Waals surface area contributed by atoms with Gasteiger partial charge in [-0.25, -0.2) is 9.97 Å². The number of aromatic nitrogens is 4. The van der Waals surface area contributed by atoms with Crippen LogP contribution in [0.4, 0.5) is 0 Å². The van der Waals surface area contributed by atoms with E-state index in [2.05, 4.69) is 36.1 Å². The molecule has 0 amide bonds. The van der Waals surface area contributed by atoms with Crippen molar-refractivity contribution in [1.29, 1.82) is 0 Å². The van der Waals surface area contributed by atoms with Crippen molar-refractivity contribution in [2.45, 2.75) is 12.1 Å². The number of H-pyrrole nitrogens is 1. The third-order valence-electron chi connectivity index (χ3n) is 1.71. The summed E-state index contributed by atoms with van der Waals surface area (Å²) in [7, 11) is 0. The van der Waals surface area contributed by atoms with Crippen molar-refractivity contribution in [3.63, 3.8) is 0 Å². The minimum absolute atomic E-state index is 0.712. The topological polar surface area (TPSA) is 54.5 Å². The van der Waals surface area contributed by atoms with Crippen LogP contribution < -0.4 is 0 Å². The van der Waals surface area contributed by atoms with Crippen LogP contribution >= 0.6 is 27.7 Å². The molecule has 0 aromatic carbocycles. The van der Waals surface area contributed by atoms with E-state index in [0.717, 1.165) is 20.8 Å². The number of fused-ring (bicyclic) bond motifs is 1. The van der Waals surface area contributed by atoms with Gasteiger partial charge in [-0.05, 0) is 29.1 Å². The van der Waals surface area contributed by atoms with Gasteiger partial charge in [0.2, 0.25) is 0 Å². The molecule has 0 aliphatic carbocycles. The zero-order chi connectivity index (χ0) is 9.42. The maximum atomic E-state index is 4.31. The van der Waals surface area contributed by atoms with Gasteiger partial charge in [0, 0.05) is 0 Å². The van der Waals surface area contributed by atoms with Crippen LogP contribution in [0.25, 0.3) is 11.0 Å². The number of rotatable bonds is 1. The molecule has 2 rings (SSSR count). The molecular formula is C7H7BrN4S. The van der Waals surface area contributed by atoms with Gasteiger partial charge >= 0.3 is 0 Å². The maximum absolute atomic E-state index is 4.31. The van der Waals surface area contributed by atoms with Crippen molar-refractivity contribution < 1.29 is 0 Å². The maximum Gasteiger partial charge on any atom is 0.189 e. The van der Waals surface area contributed by atoms with Crippen molar-refractivity contribution in [1.82, 2.24) is 20.2 Å². The molecule has 2 heterocycles. The molecule has 0 fully saturated rings. The van der Waals surface area contributed by atoms with Gasteiger partial charge in [-0.1, -0.05) is 11.8 Å². The molecule has 0 atom stereocenters. The molecule has 0 unspecified atom stereocenters. The molecule has 2 aromatic rings. The van der Waals surface area contributed by atoms with E-state index in [1.807, 2.05) is 13.2 Å². The number of thioether (sulfide) groups is 1. The minimum atomic E-state index is 0.712. The molecule has 0 bridgehead atoms. The summed E-state index contributed by atoms with van der Waals surface area (Å²) in [6.07, 6.45) is 1.95. The second kappa shape index (κ2) is 3.26. The largest absolute Gasteiger partial charge is 0.269 e. The molecule has 0 saturated heterocycles. The van der Waals surface area contributed by atoms with Gasteiger partial charge < -0.3 is 0 Å². The summed E-state index contributed by atoms with van der Waals surface area (Å²) < 4.78 is 0.840. The molecule has 0 aliphatic rings. The zero-order valence-corrected chi connectivity index (χ0v) is 9.53. The van der Waals surface area contributed by atoms with Crippen LogP contribution in [0.3, 0.4) is 0 Å². The zero-order valence-electron chi connectivity index (χ0n) is 7.13. The normalized spacial score (nSPS) is 11.0. The lowest BCUT2D eigenvalue weighted by molar-refractivity contribution is 0.957. The quantitative estimate of drug-likeness (QED) is 0.629. The Morgan fingerprint density at radius 2 is 2.15 bits per heavy atom. The molecule has 0 radical (unpaired) electrons. The second-order valence-corrected chi connectivity index (χ2v) is 4.10. The van der Waals surface area contributed by atoms with Crippen LogP contribution in [0.15, 0.2) is 9.76 Å². The predicted octanol–water partition coefficient (Wildman–Crippen LogP) is 2.15. The van der Waals surface area contributed by atoms with E-state index in [4.69, 9.17) is 0 Å². The summed E-state index contributed by atoms with van der Waals surface area (Å²) >= 11 is 4.87. The Bertz CT molecular complexity index is 453. The van der Waals surface area contributed by atoms with Gasteiger partial charge in [0.05, 0.1) is 11.1 Å². The summed E-state index contributed by atoms with van der Waals surface area (Å²) in [6, 6.07) is 0. The fraction of sp³-hybridized carbons (Fsp3) is 0.286. The van der Waals surface area contributed by atoms with Crippen molar-refractivity contribution in [3.05, 3.63) is 10.3 Å². The van der Waals surface area contributed by atoms with Crippen molar-refractivity contribution >= 4 is 38.7 Å². The highest BCUT2D eigenvalue weighted by Gasteiger charge is 2.09. The Kier molecular flexibility index (Phi) is 2.25. The lowest BCUT2D eigenvalue weighted by Crippen LogP contribution is -1.90. The molecule has 2 aromatic heterocycles. The predicted molar refractivity (Wildman–Crippen MR) is 55.9 cm³/mol. The molecular weight excluding hydrogens is 252 g/mol. The van der Waals surface area contributed by atoms with Crippen molar-refractivity contribution in [2.75, 3.05) is 6.26 Å². The van der Waals surface area contributed by atoms with Crippen LogP contribution in [0.2, 0.25) is 0 Å². The molecule has 0 spiro atoms. The average Bonchev–Trinajstić information content (AvgIpc) is 2.48. The Hall–Kier alpha value is -0.620. The Labute approximate surface area is 87.7 Å². The van der Waals surface area contributed by atoms with E-state index in [1.54, 1.807) is 0 Å². The summed E-state index contributed by atoms with van der Waals surface area (Å²) in [5, 5.41) is 8.58. The summed E-state index contributed by atoms with van der Waals surface area (Å²) in [5.41, 5.74) is 1.65. The van der Waals surface area contributed by atoms with E-state index in [-0.39, 0.29) is 0 Å². The first-order valence-electron chi connectivity index (χ1n) is 3.64. The molecule has 13 heavy (non-hydrogen) atoms. The van der Waals surface area contributed by atoms with E-state index >= 15 is 0 Å². The number of hydrogen-bond donors (Lipinski definition) is 1. The minimum Gasteiger partial charge on any atom is -0.269 e. The van der Waals surface area contributed by atoms with E-state index < -0.39 is 0 Å². The Morgan fingerprint density at radius 1 is 1.38 bits per heavy atom. The number of nitrogens with zero attached hydrogens (tertiary/aromatic N) is 3. The summed E-state index contributed by atoms with van der Waals surface area (Å²) in [4.78, 5) is 8.57. The van der Waals surface area contributed by atoms with Crippen LogP contribution in [0.5, 0.6) is 0 Å². The van der Waals surface area contributed by atoms with Gasteiger partial charge in [0.15, 0.2) is 10.8 Å². The third kappa shape index (κ3) is 1.44. The summed E-state index contributed by atoms with van der Waals surface area (Å²) in [5.74, 6) is 0. The first-order valence-corrected chi connectivity index (χ1v) is 5.66. The Balaban J connectivity index is 2.79. The molecule has 0 saturated carbocycles. The van der Waals surface area contributed by atoms with Gasteiger partial charge in [0.1, 0.15) is 4.60 Å².